The number of fused-ring (bicyclic) bond motifs is 1. The monoisotopic (exact) mass is 435 g/mol. The molecule has 8 nitrogen and oxygen atoms in total. The first-order valence-electron chi connectivity index (χ1n) is 10.8. The first kappa shape index (κ1) is 20.5. The highest BCUT2D eigenvalue weighted by Crippen LogP contribution is 2.34. The van der Waals surface area contributed by atoms with Gasteiger partial charge in [-0.2, -0.15) is 0 Å². The molecule has 166 valence electrons. The molecule has 5 rings (SSSR count). The third kappa shape index (κ3) is 4.46. The van der Waals surface area contributed by atoms with E-state index in [1.807, 2.05) is 36.4 Å². The van der Waals surface area contributed by atoms with Gasteiger partial charge in [0.25, 0.3) is 5.91 Å². The van der Waals surface area contributed by atoms with E-state index in [1.165, 1.54) is 0 Å². The Morgan fingerprint density at radius 3 is 2.56 bits per heavy atom. The molecule has 1 atom stereocenters. The van der Waals surface area contributed by atoms with Crippen molar-refractivity contribution in [3.05, 3.63) is 65.9 Å². The summed E-state index contributed by atoms with van der Waals surface area (Å²) in [5.41, 5.74) is 2.17. The van der Waals surface area contributed by atoms with Crippen LogP contribution in [-0.4, -0.2) is 62.0 Å². The van der Waals surface area contributed by atoms with Crippen LogP contribution in [0.25, 0.3) is 11.3 Å². The Kier molecular flexibility index (Phi) is 6.04. The molecule has 32 heavy (non-hydrogen) atoms. The maximum absolute atomic E-state index is 12.8. The maximum atomic E-state index is 12.8. The quantitative estimate of drug-likeness (QED) is 0.637. The number of morpholine rings is 1. The van der Waals surface area contributed by atoms with E-state index in [0.29, 0.717) is 50.2 Å². The number of rotatable bonds is 6. The van der Waals surface area contributed by atoms with E-state index in [2.05, 4.69) is 27.5 Å². The molecule has 1 unspecified atom stereocenters. The second-order valence-electron chi connectivity index (χ2n) is 7.72. The third-order valence-corrected chi connectivity index (χ3v) is 5.70. The maximum Gasteiger partial charge on any atom is 0.273 e. The van der Waals surface area contributed by atoms with Gasteiger partial charge in [0, 0.05) is 31.3 Å². The zero-order valence-electron chi connectivity index (χ0n) is 17.7. The lowest BCUT2D eigenvalue weighted by Crippen LogP contribution is -2.43. The summed E-state index contributed by atoms with van der Waals surface area (Å²) in [5.74, 6) is 1.59. The molecule has 0 radical (unpaired) electrons. The van der Waals surface area contributed by atoms with Crippen LogP contribution in [0.4, 0.5) is 0 Å². The summed E-state index contributed by atoms with van der Waals surface area (Å²) < 4.78 is 22.1. The Balaban J connectivity index is 1.28. The molecule has 1 N–H and O–H groups in total. The van der Waals surface area contributed by atoms with Gasteiger partial charge < -0.3 is 24.1 Å². The number of nitrogens with zero attached hydrogens (tertiary/aromatic N) is 2. The van der Waals surface area contributed by atoms with Gasteiger partial charge in [0.2, 0.25) is 0 Å². The standard InChI is InChI=1S/C24H25N3O5/c28-24(25-16-20(17-4-2-1-3-5-17)27-8-10-29-11-9-27)19-15-22(32-26-19)18-6-7-21-23(14-18)31-13-12-30-21/h1-7,14-15,20H,8-13,16H2,(H,25,28). The van der Waals surface area contributed by atoms with Gasteiger partial charge >= 0.3 is 0 Å². The average molecular weight is 435 g/mol. The van der Waals surface area contributed by atoms with Crippen molar-refractivity contribution in [3.63, 3.8) is 0 Å². The van der Waals surface area contributed by atoms with Gasteiger partial charge in [-0.15, -0.1) is 0 Å². The summed E-state index contributed by atoms with van der Waals surface area (Å²) in [6, 6.07) is 17.4. The lowest BCUT2D eigenvalue weighted by atomic mass is 10.0. The van der Waals surface area contributed by atoms with Crippen LogP contribution >= 0.6 is 0 Å². The van der Waals surface area contributed by atoms with Crippen LogP contribution in [0.15, 0.2) is 59.1 Å². The minimum atomic E-state index is -0.272. The number of nitrogens with one attached hydrogen (secondary N) is 1. The van der Waals surface area contributed by atoms with Crippen molar-refractivity contribution in [3.8, 4) is 22.8 Å². The Morgan fingerprint density at radius 1 is 0.969 bits per heavy atom. The SMILES string of the molecule is O=C(NCC(c1ccccc1)N1CCOCC1)c1cc(-c2ccc3c(c2)OCCO3)on1. The van der Waals surface area contributed by atoms with Crippen molar-refractivity contribution in [1.82, 2.24) is 15.4 Å². The zero-order chi connectivity index (χ0) is 21.8. The molecule has 0 aliphatic carbocycles. The van der Waals surface area contributed by atoms with Crippen LogP contribution in [0.2, 0.25) is 0 Å². The van der Waals surface area contributed by atoms with Crippen LogP contribution in [0.5, 0.6) is 11.5 Å². The third-order valence-electron chi connectivity index (χ3n) is 5.70. The van der Waals surface area contributed by atoms with Crippen LogP contribution in [0.3, 0.4) is 0 Å². The molecule has 3 aromatic rings. The molecule has 2 aliphatic heterocycles. The van der Waals surface area contributed by atoms with Crippen molar-refractivity contribution in [2.24, 2.45) is 0 Å². The Morgan fingerprint density at radius 2 is 1.75 bits per heavy atom. The van der Waals surface area contributed by atoms with Gasteiger partial charge in [-0.05, 0) is 23.8 Å². The lowest BCUT2D eigenvalue weighted by Gasteiger charge is -2.34. The zero-order valence-corrected chi connectivity index (χ0v) is 17.7. The normalized spacial score (nSPS) is 17.0. The summed E-state index contributed by atoms with van der Waals surface area (Å²) >= 11 is 0. The minimum absolute atomic E-state index is 0.0632. The second kappa shape index (κ2) is 9.42. The highest BCUT2D eigenvalue weighted by molar-refractivity contribution is 5.93. The predicted octanol–water partition coefficient (Wildman–Crippen LogP) is 2.92. The second-order valence-corrected chi connectivity index (χ2v) is 7.72. The Bertz CT molecular complexity index is 1060. The fourth-order valence-electron chi connectivity index (χ4n) is 4.02. The molecule has 8 heteroatoms. The first-order chi connectivity index (χ1) is 15.8. The molecule has 1 fully saturated rings. The van der Waals surface area contributed by atoms with Gasteiger partial charge in [0.1, 0.15) is 13.2 Å². The van der Waals surface area contributed by atoms with Crippen LogP contribution < -0.4 is 14.8 Å². The van der Waals surface area contributed by atoms with Gasteiger partial charge in [0.05, 0.1) is 19.3 Å². The van der Waals surface area contributed by atoms with E-state index in [4.69, 9.17) is 18.7 Å². The number of aromatic nitrogens is 1. The number of benzene rings is 2. The molecular formula is C24H25N3O5. The summed E-state index contributed by atoms with van der Waals surface area (Å²) in [7, 11) is 0. The van der Waals surface area contributed by atoms with Gasteiger partial charge in [0.15, 0.2) is 23.0 Å². The topological polar surface area (TPSA) is 86.1 Å². The number of carbonyl (C=O) groups is 1. The van der Waals surface area contributed by atoms with E-state index >= 15 is 0 Å². The van der Waals surface area contributed by atoms with E-state index in [1.54, 1.807) is 6.07 Å². The molecule has 2 aliphatic rings. The lowest BCUT2D eigenvalue weighted by molar-refractivity contribution is 0.0162. The number of ether oxygens (including phenoxy) is 3. The number of hydrogen-bond acceptors (Lipinski definition) is 7. The van der Waals surface area contributed by atoms with Crippen LogP contribution in [0.1, 0.15) is 22.1 Å². The molecule has 2 aromatic carbocycles. The minimum Gasteiger partial charge on any atom is -0.486 e. The summed E-state index contributed by atoms with van der Waals surface area (Å²) in [6.07, 6.45) is 0. The molecule has 0 saturated carbocycles. The predicted molar refractivity (Wildman–Crippen MR) is 117 cm³/mol. The molecular weight excluding hydrogens is 410 g/mol. The number of amides is 1. The largest absolute Gasteiger partial charge is 0.486 e. The van der Waals surface area contributed by atoms with Crippen molar-refractivity contribution in [1.29, 1.82) is 0 Å². The molecule has 0 spiro atoms. The Labute approximate surface area is 186 Å². The molecule has 1 saturated heterocycles. The van der Waals surface area contributed by atoms with E-state index in [9.17, 15) is 4.79 Å². The highest BCUT2D eigenvalue weighted by atomic mass is 16.6. The smallest absolute Gasteiger partial charge is 0.273 e. The summed E-state index contributed by atoms with van der Waals surface area (Å²) in [5, 5.41) is 7.00. The van der Waals surface area contributed by atoms with Gasteiger partial charge in [-0.25, -0.2) is 0 Å². The summed E-state index contributed by atoms with van der Waals surface area (Å²) in [4.78, 5) is 15.2. The van der Waals surface area contributed by atoms with E-state index < -0.39 is 0 Å². The molecule has 0 bridgehead atoms. The molecule has 1 amide bonds. The van der Waals surface area contributed by atoms with Crippen molar-refractivity contribution < 1.29 is 23.5 Å². The van der Waals surface area contributed by atoms with E-state index in [0.717, 1.165) is 24.2 Å². The van der Waals surface area contributed by atoms with Crippen molar-refractivity contribution in [2.75, 3.05) is 46.1 Å². The number of carbonyl (C=O) groups excluding carboxylic acids is 1. The summed E-state index contributed by atoms with van der Waals surface area (Å²) in [6.45, 7) is 4.55. The van der Waals surface area contributed by atoms with E-state index in [-0.39, 0.29) is 17.6 Å². The van der Waals surface area contributed by atoms with Crippen LogP contribution in [0, 0.1) is 0 Å². The first-order valence-corrected chi connectivity index (χ1v) is 10.8. The fourth-order valence-corrected chi connectivity index (χ4v) is 4.02. The number of hydrogen-bond donors (Lipinski definition) is 1. The van der Waals surface area contributed by atoms with Gasteiger partial charge in [-0.1, -0.05) is 35.5 Å². The van der Waals surface area contributed by atoms with Gasteiger partial charge in [-0.3, -0.25) is 9.69 Å². The average Bonchev–Trinajstić information content (AvgIpc) is 3.36. The Hall–Kier alpha value is -3.36. The molecule has 3 heterocycles. The fraction of sp³-hybridized carbons (Fsp3) is 0.333. The van der Waals surface area contributed by atoms with Crippen molar-refractivity contribution >= 4 is 5.91 Å². The molecule has 1 aromatic heterocycles. The highest BCUT2D eigenvalue weighted by Gasteiger charge is 2.24. The van der Waals surface area contributed by atoms with Crippen molar-refractivity contribution in [2.45, 2.75) is 6.04 Å². The van der Waals surface area contributed by atoms with Crippen LogP contribution in [-0.2, 0) is 4.74 Å².